The van der Waals surface area contributed by atoms with Crippen LogP contribution in [0.4, 0.5) is 10.2 Å². The minimum atomic E-state index is -0.406. The van der Waals surface area contributed by atoms with Crippen LogP contribution in [0.5, 0.6) is 0 Å². The molecule has 3 rings (SSSR count). The van der Waals surface area contributed by atoms with Gasteiger partial charge in [-0.15, -0.1) is 5.10 Å². The number of H-pyrrole nitrogens is 1. The van der Waals surface area contributed by atoms with Gasteiger partial charge in [0.1, 0.15) is 5.82 Å². The number of aromatic amines is 1. The third kappa shape index (κ3) is 4.14. The number of carbonyl (C=O) groups is 1. The van der Waals surface area contributed by atoms with E-state index < -0.39 is 5.82 Å². The summed E-state index contributed by atoms with van der Waals surface area (Å²) in [6.07, 6.45) is 1.42. The normalized spacial score (nSPS) is 10.8. The van der Waals surface area contributed by atoms with Crippen molar-refractivity contribution < 1.29 is 9.18 Å². The van der Waals surface area contributed by atoms with Gasteiger partial charge in [-0.1, -0.05) is 47.1 Å². The van der Waals surface area contributed by atoms with Crippen LogP contribution in [0.1, 0.15) is 5.56 Å². The highest BCUT2D eigenvalue weighted by molar-refractivity contribution is 7.99. The molecular formula is C16H12Cl2FN5OS. The van der Waals surface area contributed by atoms with Crippen LogP contribution in [0, 0.1) is 12.7 Å². The number of anilines is 1. The molecule has 0 atom stereocenters. The van der Waals surface area contributed by atoms with Crippen LogP contribution in [-0.2, 0) is 4.79 Å². The van der Waals surface area contributed by atoms with Crippen LogP contribution >= 0.6 is 35.0 Å². The first kappa shape index (κ1) is 18.6. The lowest BCUT2D eigenvalue weighted by molar-refractivity contribution is -0.113. The van der Waals surface area contributed by atoms with Gasteiger partial charge in [0.25, 0.3) is 0 Å². The smallest absolute Gasteiger partial charge is 0.236 e. The Morgan fingerprint density at radius 3 is 2.88 bits per heavy atom. The predicted molar refractivity (Wildman–Crippen MR) is 100 cm³/mol. The summed E-state index contributed by atoms with van der Waals surface area (Å²) in [6, 6.07) is 6.22. The maximum Gasteiger partial charge on any atom is 0.236 e. The van der Waals surface area contributed by atoms with E-state index in [4.69, 9.17) is 23.2 Å². The topological polar surface area (TPSA) is 83.6 Å². The van der Waals surface area contributed by atoms with Crippen molar-refractivity contribution in [3.8, 4) is 11.4 Å². The molecule has 6 nitrogen and oxygen atoms in total. The Balaban J connectivity index is 1.62. The number of aromatic nitrogens is 4. The lowest BCUT2D eigenvalue weighted by atomic mass is 10.2. The van der Waals surface area contributed by atoms with Crippen LogP contribution in [0.2, 0.25) is 10.0 Å². The molecule has 0 fully saturated rings. The summed E-state index contributed by atoms with van der Waals surface area (Å²) in [4.78, 5) is 20.3. The van der Waals surface area contributed by atoms with Gasteiger partial charge in [0, 0.05) is 6.20 Å². The van der Waals surface area contributed by atoms with Crippen LogP contribution < -0.4 is 5.32 Å². The molecule has 3 aromatic rings. The van der Waals surface area contributed by atoms with Crippen molar-refractivity contribution in [2.24, 2.45) is 0 Å². The fourth-order valence-electron chi connectivity index (χ4n) is 2.03. The standard InChI is InChI=1S/C16H12Cl2FN5OS/c1-8-10(17)6-20-15(13(8)18)21-12(25)7-26-16-22-14(23-24-16)9-4-2-3-5-11(9)19/h2-6H,7H2,1H3,(H,20,21,25)(H,22,23,24). The monoisotopic (exact) mass is 411 g/mol. The van der Waals surface area contributed by atoms with Crippen LogP contribution in [-0.4, -0.2) is 31.8 Å². The minimum absolute atomic E-state index is 0.0360. The third-order valence-electron chi connectivity index (χ3n) is 3.39. The van der Waals surface area contributed by atoms with E-state index in [2.05, 4.69) is 25.5 Å². The molecule has 0 spiro atoms. The molecule has 0 aliphatic carbocycles. The van der Waals surface area contributed by atoms with Crippen molar-refractivity contribution in [1.29, 1.82) is 0 Å². The Morgan fingerprint density at radius 2 is 2.12 bits per heavy atom. The van der Waals surface area contributed by atoms with Gasteiger partial charge in [-0.25, -0.2) is 14.4 Å². The lowest BCUT2D eigenvalue weighted by Crippen LogP contribution is -2.15. The SMILES string of the molecule is Cc1c(Cl)cnc(NC(=O)CSc2n[nH]c(-c3ccccc3F)n2)c1Cl. The summed E-state index contributed by atoms with van der Waals surface area (Å²) in [7, 11) is 0. The van der Waals surface area contributed by atoms with Crippen LogP contribution in [0.3, 0.4) is 0 Å². The number of rotatable bonds is 5. The zero-order valence-corrected chi connectivity index (χ0v) is 15.7. The van der Waals surface area contributed by atoms with Crippen molar-refractivity contribution in [3.05, 3.63) is 51.9 Å². The van der Waals surface area contributed by atoms with Crippen molar-refractivity contribution in [3.63, 3.8) is 0 Å². The molecule has 0 aliphatic rings. The molecule has 1 amide bonds. The summed E-state index contributed by atoms with van der Waals surface area (Å²) < 4.78 is 13.8. The van der Waals surface area contributed by atoms with E-state index in [1.165, 1.54) is 12.3 Å². The molecule has 0 saturated heterocycles. The Kier molecular flexibility index (Phi) is 5.75. The molecule has 1 aromatic carbocycles. The molecule has 2 N–H and O–H groups in total. The highest BCUT2D eigenvalue weighted by Crippen LogP contribution is 2.29. The molecule has 134 valence electrons. The second kappa shape index (κ2) is 8.03. The van der Waals surface area contributed by atoms with Crippen molar-refractivity contribution in [2.75, 3.05) is 11.1 Å². The zero-order valence-electron chi connectivity index (χ0n) is 13.4. The average molecular weight is 412 g/mol. The first-order valence-corrected chi connectivity index (χ1v) is 9.10. The number of hydrogen-bond acceptors (Lipinski definition) is 5. The Labute approximate surface area is 162 Å². The second-order valence-electron chi connectivity index (χ2n) is 5.18. The lowest BCUT2D eigenvalue weighted by Gasteiger charge is -2.08. The number of nitrogens with one attached hydrogen (secondary N) is 2. The maximum absolute atomic E-state index is 13.8. The molecule has 2 aromatic heterocycles. The third-order valence-corrected chi connectivity index (χ3v) is 5.08. The molecule has 2 heterocycles. The van der Waals surface area contributed by atoms with Gasteiger partial charge >= 0.3 is 0 Å². The van der Waals surface area contributed by atoms with Gasteiger partial charge in [-0.05, 0) is 24.6 Å². The average Bonchev–Trinajstić information content (AvgIpc) is 3.10. The van der Waals surface area contributed by atoms with Crippen molar-refractivity contribution in [1.82, 2.24) is 20.2 Å². The number of pyridine rings is 1. The van der Waals surface area contributed by atoms with Crippen LogP contribution in [0.15, 0.2) is 35.6 Å². The summed E-state index contributed by atoms with van der Waals surface area (Å²) in [5.41, 5.74) is 0.943. The summed E-state index contributed by atoms with van der Waals surface area (Å²) >= 11 is 13.1. The van der Waals surface area contributed by atoms with E-state index >= 15 is 0 Å². The molecule has 0 aliphatic heterocycles. The number of amides is 1. The van der Waals surface area contributed by atoms with Gasteiger partial charge in [0.15, 0.2) is 11.6 Å². The fourth-order valence-corrected chi connectivity index (χ4v) is 3.02. The summed E-state index contributed by atoms with van der Waals surface area (Å²) in [6.45, 7) is 1.73. The van der Waals surface area contributed by atoms with Gasteiger partial charge in [0.2, 0.25) is 11.1 Å². The van der Waals surface area contributed by atoms with Crippen LogP contribution in [0.25, 0.3) is 11.4 Å². The summed E-state index contributed by atoms with van der Waals surface area (Å²) in [5.74, 6) is -0.167. The fraction of sp³-hybridized carbons (Fsp3) is 0.125. The number of halogens is 3. The summed E-state index contributed by atoms with van der Waals surface area (Å²) in [5, 5.41) is 10.3. The number of hydrogen-bond donors (Lipinski definition) is 2. The molecular weight excluding hydrogens is 400 g/mol. The van der Waals surface area contributed by atoms with E-state index in [-0.39, 0.29) is 22.5 Å². The van der Waals surface area contributed by atoms with E-state index in [9.17, 15) is 9.18 Å². The molecule has 0 saturated carbocycles. The quantitative estimate of drug-likeness (QED) is 0.609. The highest BCUT2D eigenvalue weighted by Gasteiger charge is 2.14. The Hall–Kier alpha value is -2.16. The minimum Gasteiger partial charge on any atom is -0.309 e. The number of carbonyl (C=O) groups excluding carboxylic acids is 1. The predicted octanol–water partition coefficient (Wildman–Crippen LogP) is 4.35. The van der Waals surface area contributed by atoms with Gasteiger partial charge in [-0.3, -0.25) is 9.89 Å². The second-order valence-corrected chi connectivity index (χ2v) is 6.90. The zero-order chi connectivity index (χ0) is 18.7. The largest absolute Gasteiger partial charge is 0.309 e. The first-order chi connectivity index (χ1) is 12.5. The van der Waals surface area contributed by atoms with E-state index in [1.54, 1.807) is 25.1 Å². The number of benzene rings is 1. The van der Waals surface area contributed by atoms with E-state index in [1.807, 2.05) is 0 Å². The Bertz CT molecular complexity index is 966. The van der Waals surface area contributed by atoms with E-state index in [0.717, 1.165) is 11.8 Å². The van der Waals surface area contributed by atoms with Gasteiger partial charge in [0.05, 0.1) is 21.4 Å². The number of nitrogens with zero attached hydrogens (tertiary/aromatic N) is 3. The van der Waals surface area contributed by atoms with E-state index in [0.29, 0.717) is 27.1 Å². The van der Waals surface area contributed by atoms with Crippen molar-refractivity contribution >= 4 is 46.7 Å². The highest BCUT2D eigenvalue weighted by atomic mass is 35.5. The first-order valence-electron chi connectivity index (χ1n) is 7.36. The molecule has 26 heavy (non-hydrogen) atoms. The molecule has 10 heteroatoms. The van der Waals surface area contributed by atoms with Gasteiger partial charge in [-0.2, -0.15) is 0 Å². The maximum atomic E-state index is 13.8. The molecule has 0 bridgehead atoms. The molecule has 0 unspecified atom stereocenters. The molecule has 0 radical (unpaired) electrons. The van der Waals surface area contributed by atoms with Crippen molar-refractivity contribution in [2.45, 2.75) is 12.1 Å². The Morgan fingerprint density at radius 1 is 1.35 bits per heavy atom. The van der Waals surface area contributed by atoms with Gasteiger partial charge < -0.3 is 5.32 Å². The number of thioether (sulfide) groups is 1.